The van der Waals surface area contributed by atoms with Gasteiger partial charge in [0.25, 0.3) is 0 Å². The molecule has 0 N–H and O–H groups in total. The minimum absolute atomic E-state index is 0.0943. The quantitative estimate of drug-likeness (QED) is 0.614. The summed E-state index contributed by atoms with van der Waals surface area (Å²) in [7, 11) is 0. The minimum Gasteiger partial charge on any atom is -0.318 e. The first-order chi connectivity index (χ1) is 8.91. The molecule has 2 nitrogen and oxygen atoms in total. The zero-order chi connectivity index (χ0) is 14.2. The number of carbonyl (C=O) groups is 1. The lowest BCUT2D eigenvalue weighted by molar-refractivity contribution is 0.0991. The topological polar surface area (TPSA) is 22.0 Å². The minimum atomic E-state index is -0.554. The van der Waals surface area contributed by atoms with Crippen molar-refractivity contribution in [1.82, 2.24) is 4.57 Å². The van der Waals surface area contributed by atoms with E-state index in [4.69, 9.17) is 11.6 Å². The highest BCUT2D eigenvalue weighted by molar-refractivity contribution is 6.33. The van der Waals surface area contributed by atoms with Crippen LogP contribution in [0.4, 0.5) is 4.39 Å². The number of Topliss-reactive ketones (excluding diaryl/α,β-unsaturated/α-hetero) is 1. The smallest absolute Gasteiger partial charge is 0.182 e. The zero-order valence-corrected chi connectivity index (χ0v) is 11.8. The second-order valence-corrected chi connectivity index (χ2v) is 5.23. The number of alkyl halides is 1. The first-order valence-electron chi connectivity index (χ1n) is 6.05. The number of carbonyl (C=O) groups excluding carboxylic acids is 1. The van der Waals surface area contributed by atoms with E-state index in [1.807, 2.05) is 24.5 Å². The molecule has 1 unspecified atom stereocenters. The van der Waals surface area contributed by atoms with Gasteiger partial charge < -0.3 is 4.57 Å². The molecule has 0 radical (unpaired) electrons. The van der Waals surface area contributed by atoms with Crippen LogP contribution in [0.5, 0.6) is 0 Å². The van der Waals surface area contributed by atoms with Crippen molar-refractivity contribution in [3.63, 3.8) is 0 Å². The van der Waals surface area contributed by atoms with E-state index >= 15 is 0 Å². The molecule has 2 aromatic rings. The highest BCUT2D eigenvalue weighted by Gasteiger charge is 2.19. The Bertz CT molecular complexity index is 614. The SMILES string of the molecule is Cc1cc(C(=O)C(C)Cl)c(C)n1-c1ccc(F)cc1. The highest BCUT2D eigenvalue weighted by atomic mass is 35.5. The Morgan fingerprint density at radius 1 is 1.26 bits per heavy atom. The molecule has 4 heteroatoms. The second kappa shape index (κ2) is 5.17. The number of hydrogen-bond donors (Lipinski definition) is 0. The van der Waals surface area contributed by atoms with E-state index in [0.29, 0.717) is 5.56 Å². The zero-order valence-electron chi connectivity index (χ0n) is 11.1. The third-order valence-corrected chi connectivity index (χ3v) is 3.34. The summed E-state index contributed by atoms with van der Waals surface area (Å²) in [4.78, 5) is 12.0. The summed E-state index contributed by atoms with van der Waals surface area (Å²) in [5.41, 5.74) is 3.19. The molecule has 0 bridgehead atoms. The van der Waals surface area contributed by atoms with Gasteiger partial charge in [-0.2, -0.15) is 0 Å². The van der Waals surface area contributed by atoms with Gasteiger partial charge >= 0.3 is 0 Å². The van der Waals surface area contributed by atoms with Crippen LogP contribution in [0.2, 0.25) is 0 Å². The van der Waals surface area contributed by atoms with Gasteiger partial charge in [-0.15, -0.1) is 11.6 Å². The molecule has 0 aliphatic carbocycles. The molecule has 1 heterocycles. The molecule has 1 aromatic carbocycles. The van der Waals surface area contributed by atoms with Gasteiger partial charge in [0.15, 0.2) is 5.78 Å². The van der Waals surface area contributed by atoms with E-state index < -0.39 is 5.38 Å². The van der Waals surface area contributed by atoms with Crippen LogP contribution < -0.4 is 0 Å². The first-order valence-corrected chi connectivity index (χ1v) is 6.48. The molecule has 1 aromatic heterocycles. The maximum atomic E-state index is 13.0. The standard InChI is InChI=1S/C15H15ClFNO/c1-9-8-14(15(19)10(2)16)11(3)18(9)13-6-4-12(17)5-7-13/h4-8,10H,1-3H3. The largest absolute Gasteiger partial charge is 0.318 e. The van der Waals surface area contributed by atoms with Gasteiger partial charge in [0.2, 0.25) is 0 Å². The van der Waals surface area contributed by atoms with Gasteiger partial charge in [-0.05, 0) is 51.1 Å². The van der Waals surface area contributed by atoms with Crippen molar-refractivity contribution in [2.45, 2.75) is 26.1 Å². The van der Waals surface area contributed by atoms with Crippen molar-refractivity contribution in [2.75, 3.05) is 0 Å². The van der Waals surface area contributed by atoms with Gasteiger partial charge in [0, 0.05) is 22.6 Å². The summed E-state index contributed by atoms with van der Waals surface area (Å²) < 4.78 is 14.9. The third-order valence-electron chi connectivity index (χ3n) is 3.14. The molecule has 0 spiro atoms. The van der Waals surface area contributed by atoms with Crippen LogP contribution in [-0.4, -0.2) is 15.7 Å². The van der Waals surface area contributed by atoms with Crippen LogP contribution in [0.1, 0.15) is 28.7 Å². The maximum Gasteiger partial charge on any atom is 0.182 e. The van der Waals surface area contributed by atoms with E-state index in [2.05, 4.69) is 0 Å². The predicted molar refractivity (Wildman–Crippen MR) is 74.8 cm³/mol. The Labute approximate surface area is 116 Å². The fraction of sp³-hybridized carbons (Fsp3) is 0.267. The number of aromatic nitrogens is 1. The molecule has 0 aliphatic heterocycles. The lowest BCUT2D eigenvalue weighted by Gasteiger charge is -2.10. The number of aryl methyl sites for hydroxylation is 1. The van der Waals surface area contributed by atoms with E-state index in [9.17, 15) is 9.18 Å². The molecule has 0 fully saturated rings. The van der Waals surface area contributed by atoms with Crippen molar-refractivity contribution in [2.24, 2.45) is 0 Å². The molecule has 0 saturated heterocycles. The molecular formula is C15H15ClFNO. The summed E-state index contributed by atoms with van der Waals surface area (Å²) in [5.74, 6) is -0.375. The van der Waals surface area contributed by atoms with Crippen molar-refractivity contribution < 1.29 is 9.18 Å². The fourth-order valence-electron chi connectivity index (χ4n) is 2.21. The number of rotatable bonds is 3. The number of hydrogen-bond acceptors (Lipinski definition) is 1. The van der Waals surface area contributed by atoms with E-state index in [1.165, 1.54) is 12.1 Å². The first kappa shape index (κ1) is 13.8. The van der Waals surface area contributed by atoms with Crippen molar-refractivity contribution >= 4 is 17.4 Å². The van der Waals surface area contributed by atoms with E-state index in [1.54, 1.807) is 19.1 Å². The van der Waals surface area contributed by atoms with Crippen LogP contribution in [-0.2, 0) is 0 Å². The molecular weight excluding hydrogens is 265 g/mol. The number of benzene rings is 1. The molecule has 19 heavy (non-hydrogen) atoms. The molecule has 0 amide bonds. The summed E-state index contributed by atoms with van der Waals surface area (Å²) in [6.45, 7) is 5.43. The number of nitrogens with zero attached hydrogens (tertiary/aromatic N) is 1. The monoisotopic (exact) mass is 279 g/mol. The average Bonchev–Trinajstić information content (AvgIpc) is 2.65. The Balaban J connectivity index is 2.54. The molecule has 100 valence electrons. The van der Waals surface area contributed by atoms with Crippen molar-refractivity contribution in [3.8, 4) is 5.69 Å². The molecule has 0 aliphatic rings. The fourth-order valence-corrected chi connectivity index (χ4v) is 2.33. The molecule has 1 atom stereocenters. The van der Waals surface area contributed by atoms with Crippen LogP contribution >= 0.6 is 11.6 Å². The van der Waals surface area contributed by atoms with Crippen LogP contribution in [0.3, 0.4) is 0 Å². The average molecular weight is 280 g/mol. The maximum absolute atomic E-state index is 13.0. The molecule has 0 saturated carbocycles. The van der Waals surface area contributed by atoms with E-state index in [-0.39, 0.29) is 11.6 Å². The summed E-state index contributed by atoms with van der Waals surface area (Å²) in [6.07, 6.45) is 0. The molecule has 2 rings (SSSR count). The summed E-state index contributed by atoms with van der Waals surface area (Å²) >= 11 is 5.85. The normalized spacial score (nSPS) is 12.5. The summed E-state index contributed by atoms with van der Waals surface area (Å²) in [5, 5.41) is -0.554. The third kappa shape index (κ3) is 2.56. The van der Waals surface area contributed by atoms with Crippen LogP contribution in [0, 0.1) is 19.7 Å². The second-order valence-electron chi connectivity index (χ2n) is 4.58. The predicted octanol–water partition coefficient (Wildman–Crippen LogP) is 4.04. The van der Waals surface area contributed by atoms with E-state index in [0.717, 1.165) is 17.1 Å². The Kier molecular flexibility index (Phi) is 3.76. The number of ketones is 1. The summed E-state index contributed by atoms with van der Waals surface area (Å²) in [6, 6.07) is 8.00. The van der Waals surface area contributed by atoms with Crippen molar-refractivity contribution in [1.29, 1.82) is 0 Å². The van der Waals surface area contributed by atoms with Gasteiger partial charge in [0.05, 0.1) is 5.38 Å². The van der Waals surface area contributed by atoms with Crippen LogP contribution in [0.25, 0.3) is 5.69 Å². The van der Waals surface area contributed by atoms with Gasteiger partial charge in [-0.25, -0.2) is 4.39 Å². The lowest BCUT2D eigenvalue weighted by Crippen LogP contribution is -2.11. The Morgan fingerprint density at radius 3 is 2.37 bits per heavy atom. The van der Waals surface area contributed by atoms with Crippen LogP contribution in [0.15, 0.2) is 30.3 Å². The highest BCUT2D eigenvalue weighted by Crippen LogP contribution is 2.23. The van der Waals surface area contributed by atoms with Gasteiger partial charge in [-0.1, -0.05) is 0 Å². The number of halogens is 2. The van der Waals surface area contributed by atoms with Crippen molar-refractivity contribution in [3.05, 3.63) is 53.1 Å². The van der Waals surface area contributed by atoms with Gasteiger partial charge in [0.1, 0.15) is 5.82 Å². The lowest BCUT2D eigenvalue weighted by atomic mass is 10.1. The Hall–Kier alpha value is -1.61. The Morgan fingerprint density at radius 2 is 1.84 bits per heavy atom. The van der Waals surface area contributed by atoms with Gasteiger partial charge in [-0.3, -0.25) is 4.79 Å².